The average Bonchev–Trinajstić information content (AvgIpc) is 3.05. The smallest absolute Gasteiger partial charge is 0.109 e. The highest BCUT2D eigenvalue weighted by Gasteiger charge is 2.44. The summed E-state index contributed by atoms with van der Waals surface area (Å²) in [5.41, 5.74) is 3.33. The molecule has 1 aromatic rings. The Morgan fingerprint density at radius 3 is 2.58 bits per heavy atom. The van der Waals surface area contributed by atoms with Crippen LogP contribution in [0.5, 0.6) is 0 Å². The minimum atomic E-state index is -0.313. The largest absolute Gasteiger partial charge is 0.297 e. The van der Waals surface area contributed by atoms with Crippen molar-refractivity contribution in [1.29, 1.82) is 5.26 Å². The SMILES string of the molecule is Cc1nn(C2CCC(C#N)(NC3CC3)C2)c(C)c1C. The minimum absolute atomic E-state index is 0.313. The second kappa shape index (κ2) is 4.35. The van der Waals surface area contributed by atoms with Gasteiger partial charge in [0, 0.05) is 18.2 Å². The van der Waals surface area contributed by atoms with Crippen molar-refractivity contribution in [2.24, 2.45) is 0 Å². The molecular weight excluding hydrogens is 236 g/mol. The lowest BCUT2D eigenvalue weighted by molar-refractivity contribution is 0.382. The van der Waals surface area contributed by atoms with E-state index in [1.807, 2.05) is 0 Å². The topological polar surface area (TPSA) is 53.6 Å². The van der Waals surface area contributed by atoms with Crippen molar-refractivity contribution in [1.82, 2.24) is 15.1 Å². The molecular formula is C15H22N4. The highest BCUT2D eigenvalue weighted by atomic mass is 15.3. The van der Waals surface area contributed by atoms with Crippen molar-refractivity contribution >= 4 is 0 Å². The fourth-order valence-electron chi connectivity index (χ4n) is 3.21. The molecule has 0 aliphatic heterocycles. The highest BCUT2D eigenvalue weighted by molar-refractivity contribution is 5.24. The van der Waals surface area contributed by atoms with Gasteiger partial charge in [0.15, 0.2) is 0 Å². The quantitative estimate of drug-likeness (QED) is 0.906. The summed E-state index contributed by atoms with van der Waals surface area (Å²) in [6.45, 7) is 6.33. The van der Waals surface area contributed by atoms with Crippen LogP contribution >= 0.6 is 0 Å². The van der Waals surface area contributed by atoms with Crippen LogP contribution in [0.25, 0.3) is 0 Å². The Labute approximate surface area is 114 Å². The first-order valence-corrected chi connectivity index (χ1v) is 7.26. The summed E-state index contributed by atoms with van der Waals surface area (Å²) < 4.78 is 2.15. The van der Waals surface area contributed by atoms with E-state index in [-0.39, 0.29) is 5.54 Å². The Hall–Kier alpha value is -1.34. The van der Waals surface area contributed by atoms with Crippen LogP contribution in [0.2, 0.25) is 0 Å². The maximum Gasteiger partial charge on any atom is 0.109 e. The Kier molecular flexibility index (Phi) is 2.90. The molecule has 2 atom stereocenters. The van der Waals surface area contributed by atoms with E-state index in [4.69, 9.17) is 0 Å². The van der Waals surface area contributed by atoms with Crippen molar-refractivity contribution in [3.8, 4) is 6.07 Å². The first-order valence-electron chi connectivity index (χ1n) is 7.26. The summed E-state index contributed by atoms with van der Waals surface area (Å²) in [7, 11) is 0. The molecule has 2 unspecified atom stereocenters. The third kappa shape index (κ3) is 2.17. The Balaban J connectivity index is 1.80. The Bertz CT molecular complexity index is 535. The maximum absolute atomic E-state index is 9.54. The second-order valence-corrected chi connectivity index (χ2v) is 6.25. The van der Waals surface area contributed by atoms with E-state index < -0.39 is 0 Å². The normalized spacial score (nSPS) is 30.5. The molecule has 2 saturated carbocycles. The van der Waals surface area contributed by atoms with Crippen LogP contribution in [0.3, 0.4) is 0 Å². The number of hydrogen-bond donors (Lipinski definition) is 1. The zero-order valence-electron chi connectivity index (χ0n) is 12.0. The number of rotatable bonds is 3. The number of nitrogens with one attached hydrogen (secondary N) is 1. The molecule has 4 heteroatoms. The lowest BCUT2D eigenvalue weighted by atomic mass is 9.99. The zero-order valence-corrected chi connectivity index (χ0v) is 12.0. The number of nitrogens with zero attached hydrogens (tertiary/aromatic N) is 3. The van der Waals surface area contributed by atoms with E-state index in [1.165, 1.54) is 24.1 Å². The lowest BCUT2D eigenvalue weighted by Crippen LogP contribution is -2.43. The van der Waals surface area contributed by atoms with E-state index in [0.29, 0.717) is 12.1 Å². The molecule has 0 saturated heterocycles. The van der Waals surface area contributed by atoms with Gasteiger partial charge in [-0.05, 0) is 52.0 Å². The van der Waals surface area contributed by atoms with Crippen molar-refractivity contribution in [3.63, 3.8) is 0 Å². The van der Waals surface area contributed by atoms with Crippen LogP contribution in [0.15, 0.2) is 0 Å². The zero-order chi connectivity index (χ0) is 13.6. The Morgan fingerprint density at radius 2 is 2.05 bits per heavy atom. The summed E-state index contributed by atoms with van der Waals surface area (Å²) in [6.07, 6.45) is 5.35. The van der Waals surface area contributed by atoms with E-state index in [1.54, 1.807) is 0 Å². The maximum atomic E-state index is 9.54. The molecule has 4 nitrogen and oxygen atoms in total. The third-order valence-corrected chi connectivity index (χ3v) is 4.79. The molecule has 1 heterocycles. The molecule has 102 valence electrons. The van der Waals surface area contributed by atoms with Gasteiger partial charge in [-0.2, -0.15) is 10.4 Å². The molecule has 0 bridgehead atoms. The summed E-state index contributed by atoms with van der Waals surface area (Å²) in [6, 6.07) is 3.49. The lowest BCUT2D eigenvalue weighted by Gasteiger charge is -2.23. The van der Waals surface area contributed by atoms with Crippen LogP contribution in [-0.2, 0) is 0 Å². The van der Waals surface area contributed by atoms with Gasteiger partial charge < -0.3 is 0 Å². The first-order chi connectivity index (χ1) is 9.04. The fraction of sp³-hybridized carbons (Fsp3) is 0.733. The average molecular weight is 258 g/mol. The van der Waals surface area contributed by atoms with Crippen molar-refractivity contribution < 1.29 is 0 Å². The second-order valence-electron chi connectivity index (χ2n) is 6.25. The standard InChI is InChI=1S/C15H22N4/c1-10-11(2)18-19(12(10)3)14-6-7-15(8-14,9-16)17-13-4-5-13/h13-14,17H,4-8H2,1-3H3. The van der Waals surface area contributed by atoms with Crippen LogP contribution in [0.4, 0.5) is 0 Å². The van der Waals surface area contributed by atoms with Gasteiger partial charge in [-0.1, -0.05) is 0 Å². The molecule has 2 fully saturated rings. The number of nitriles is 1. The van der Waals surface area contributed by atoms with Gasteiger partial charge in [-0.15, -0.1) is 0 Å². The number of aromatic nitrogens is 2. The van der Waals surface area contributed by atoms with Crippen LogP contribution in [-0.4, -0.2) is 21.4 Å². The molecule has 0 aromatic carbocycles. The molecule has 0 spiro atoms. The van der Waals surface area contributed by atoms with Gasteiger partial charge in [0.1, 0.15) is 5.54 Å². The van der Waals surface area contributed by atoms with Crippen LogP contribution in [0.1, 0.15) is 55.1 Å². The van der Waals surface area contributed by atoms with Crippen molar-refractivity contribution in [3.05, 3.63) is 17.0 Å². The molecule has 2 aliphatic carbocycles. The van der Waals surface area contributed by atoms with Gasteiger partial charge in [-0.25, -0.2) is 0 Å². The molecule has 1 N–H and O–H groups in total. The molecule has 1 aromatic heterocycles. The molecule has 19 heavy (non-hydrogen) atoms. The first kappa shape index (κ1) is 12.7. The van der Waals surface area contributed by atoms with Gasteiger partial charge in [0.05, 0.1) is 17.8 Å². The summed E-state index contributed by atoms with van der Waals surface area (Å²) in [5, 5.41) is 17.8. The minimum Gasteiger partial charge on any atom is -0.297 e. The van der Waals surface area contributed by atoms with Crippen LogP contribution in [0, 0.1) is 32.1 Å². The molecule has 3 rings (SSSR count). The highest BCUT2D eigenvalue weighted by Crippen LogP contribution is 2.40. The summed E-state index contributed by atoms with van der Waals surface area (Å²) in [4.78, 5) is 0. The van der Waals surface area contributed by atoms with E-state index in [9.17, 15) is 5.26 Å². The van der Waals surface area contributed by atoms with E-state index >= 15 is 0 Å². The van der Waals surface area contributed by atoms with Gasteiger partial charge in [-0.3, -0.25) is 10.00 Å². The predicted octanol–water partition coefficient (Wildman–Crippen LogP) is 2.55. The number of aryl methyl sites for hydroxylation is 1. The Morgan fingerprint density at radius 1 is 1.32 bits per heavy atom. The van der Waals surface area contributed by atoms with Gasteiger partial charge in [0.2, 0.25) is 0 Å². The fourth-order valence-corrected chi connectivity index (χ4v) is 3.21. The monoisotopic (exact) mass is 258 g/mol. The summed E-state index contributed by atoms with van der Waals surface area (Å²) >= 11 is 0. The molecule has 0 amide bonds. The van der Waals surface area contributed by atoms with Crippen molar-refractivity contribution in [2.75, 3.05) is 0 Å². The predicted molar refractivity (Wildman–Crippen MR) is 73.8 cm³/mol. The van der Waals surface area contributed by atoms with Gasteiger partial charge >= 0.3 is 0 Å². The van der Waals surface area contributed by atoms with E-state index in [2.05, 4.69) is 41.9 Å². The summed E-state index contributed by atoms with van der Waals surface area (Å²) in [5.74, 6) is 0. The van der Waals surface area contributed by atoms with Crippen molar-refractivity contribution in [2.45, 2.75) is 70.5 Å². The van der Waals surface area contributed by atoms with Gasteiger partial charge in [0.25, 0.3) is 0 Å². The van der Waals surface area contributed by atoms with E-state index in [0.717, 1.165) is 25.0 Å². The number of hydrogen-bond acceptors (Lipinski definition) is 3. The molecule has 0 radical (unpaired) electrons. The molecule has 2 aliphatic rings. The third-order valence-electron chi connectivity index (χ3n) is 4.79. The van der Waals surface area contributed by atoms with Crippen LogP contribution < -0.4 is 5.32 Å².